The van der Waals surface area contributed by atoms with E-state index in [1.54, 1.807) is 6.20 Å². The molecular weight excluding hydrogens is 509 g/mol. The first-order chi connectivity index (χ1) is 18.7. The van der Waals surface area contributed by atoms with Crippen molar-refractivity contribution in [2.24, 2.45) is 0 Å². The second kappa shape index (κ2) is 11.4. The van der Waals surface area contributed by atoms with Gasteiger partial charge in [-0.1, -0.05) is 0 Å². The zero-order chi connectivity index (χ0) is 27.6. The van der Waals surface area contributed by atoms with Crippen LogP contribution in [0.5, 0.6) is 0 Å². The summed E-state index contributed by atoms with van der Waals surface area (Å²) >= 11 is 0. The van der Waals surface area contributed by atoms with E-state index in [4.69, 9.17) is 9.72 Å². The molecule has 3 heterocycles. The average molecular weight is 545 g/mol. The molecule has 5 rings (SSSR count). The van der Waals surface area contributed by atoms with E-state index in [9.17, 15) is 18.0 Å². The van der Waals surface area contributed by atoms with E-state index in [0.29, 0.717) is 23.3 Å². The first kappa shape index (κ1) is 27.3. The molecule has 1 aromatic carbocycles. The monoisotopic (exact) mass is 544 g/mol. The van der Waals surface area contributed by atoms with Gasteiger partial charge in [0.25, 0.3) is 0 Å². The van der Waals surface area contributed by atoms with Crippen LogP contribution in [0, 0.1) is 0 Å². The number of aromatic nitrogens is 2. The summed E-state index contributed by atoms with van der Waals surface area (Å²) in [6.45, 7) is 7.91. The summed E-state index contributed by atoms with van der Waals surface area (Å²) in [5, 5.41) is 5.32. The molecule has 2 fully saturated rings. The normalized spacial score (nSPS) is 20.9. The molecule has 8 nitrogen and oxygen atoms in total. The Bertz CT molecular complexity index is 1260. The van der Waals surface area contributed by atoms with Gasteiger partial charge in [-0.15, -0.1) is 0 Å². The summed E-state index contributed by atoms with van der Waals surface area (Å²) in [7, 11) is 0. The number of hydrogen-bond acceptors (Lipinski definition) is 5. The van der Waals surface area contributed by atoms with Crippen LogP contribution in [0.15, 0.2) is 42.6 Å². The van der Waals surface area contributed by atoms with Crippen LogP contribution in [0.1, 0.15) is 45.1 Å². The number of anilines is 3. The number of aromatic amines is 1. The number of benzene rings is 1. The first-order valence-electron chi connectivity index (χ1n) is 13.5. The molecule has 1 saturated carbocycles. The van der Waals surface area contributed by atoms with E-state index in [2.05, 4.69) is 39.3 Å². The Labute approximate surface area is 225 Å². The van der Waals surface area contributed by atoms with Gasteiger partial charge in [-0.05, 0) is 75.9 Å². The number of hydrogen-bond donors (Lipinski definition) is 3. The lowest BCUT2D eigenvalue weighted by molar-refractivity contribution is -0.137. The number of H-pyrrole nitrogens is 1. The predicted molar refractivity (Wildman–Crippen MR) is 146 cm³/mol. The number of amides is 2. The highest BCUT2D eigenvalue weighted by Crippen LogP contribution is 2.31. The molecule has 11 heteroatoms. The minimum atomic E-state index is -4.43. The lowest BCUT2D eigenvalue weighted by Gasteiger charge is -2.42. The number of fused-ring (bicyclic) bond motifs is 1. The molecule has 2 aliphatic rings. The second-order valence-electron chi connectivity index (χ2n) is 10.6. The van der Waals surface area contributed by atoms with Crippen molar-refractivity contribution in [3.8, 4) is 0 Å². The number of pyridine rings is 1. The van der Waals surface area contributed by atoms with Crippen molar-refractivity contribution in [3.63, 3.8) is 0 Å². The summed E-state index contributed by atoms with van der Waals surface area (Å²) in [5.74, 6) is 0.849. The van der Waals surface area contributed by atoms with Crippen molar-refractivity contribution in [2.75, 3.05) is 41.7 Å². The van der Waals surface area contributed by atoms with Gasteiger partial charge in [0.15, 0.2) is 0 Å². The fraction of sp³-hybridized carbons (Fsp3) is 0.500. The number of urea groups is 1. The zero-order valence-corrected chi connectivity index (χ0v) is 22.2. The Morgan fingerprint density at radius 2 is 1.69 bits per heavy atom. The van der Waals surface area contributed by atoms with Gasteiger partial charge in [-0.2, -0.15) is 13.2 Å². The van der Waals surface area contributed by atoms with Crippen molar-refractivity contribution in [3.05, 3.63) is 48.2 Å². The van der Waals surface area contributed by atoms with Crippen molar-refractivity contribution in [1.82, 2.24) is 14.9 Å². The quantitative estimate of drug-likeness (QED) is 0.350. The van der Waals surface area contributed by atoms with Crippen molar-refractivity contribution < 1.29 is 22.7 Å². The van der Waals surface area contributed by atoms with Crippen LogP contribution in [-0.2, 0) is 10.9 Å². The molecule has 1 aliphatic heterocycles. The molecule has 0 radical (unpaired) electrons. The Morgan fingerprint density at radius 1 is 1.00 bits per heavy atom. The highest BCUT2D eigenvalue weighted by Gasteiger charge is 2.31. The molecule has 39 heavy (non-hydrogen) atoms. The van der Waals surface area contributed by atoms with Crippen LogP contribution in [0.25, 0.3) is 11.0 Å². The number of rotatable bonds is 6. The molecule has 210 valence electrons. The molecule has 2 amide bonds. The van der Waals surface area contributed by atoms with E-state index in [-0.39, 0.29) is 11.8 Å². The minimum absolute atomic E-state index is 0.257. The van der Waals surface area contributed by atoms with Crippen molar-refractivity contribution in [1.29, 1.82) is 0 Å². The van der Waals surface area contributed by atoms with Crippen LogP contribution in [-0.4, -0.2) is 65.3 Å². The van der Waals surface area contributed by atoms with Gasteiger partial charge in [-0.25, -0.2) is 9.78 Å². The van der Waals surface area contributed by atoms with Crippen molar-refractivity contribution >= 4 is 34.3 Å². The van der Waals surface area contributed by atoms with E-state index < -0.39 is 17.8 Å². The molecule has 2 aromatic heterocycles. The van der Waals surface area contributed by atoms with E-state index in [1.165, 1.54) is 25.0 Å². The number of halogens is 3. The molecule has 0 unspecified atom stereocenters. The van der Waals surface area contributed by atoms with Crippen LogP contribution in [0.3, 0.4) is 0 Å². The maximum Gasteiger partial charge on any atom is 0.416 e. The third-order valence-electron chi connectivity index (χ3n) is 7.49. The molecule has 3 N–H and O–H groups in total. The lowest BCUT2D eigenvalue weighted by atomic mass is 9.91. The fourth-order valence-corrected chi connectivity index (χ4v) is 5.54. The minimum Gasteiger partial charge on any atom is -0.376 e. The van der Waals surface area contributed by atoms with E-state index in [0.717, 1.165) is 62.5 Å². The van der Waals surface area contributed by atoms with E-state index >= 15 is 0 Å². The molecular formula is C28H35F3N6O2. The molecule has 0 bridgehead atoms. The maximum absolute atomic E-state index is 12.8. The van der Waals surface area contributed by atoms with Crippen LogP contribution >= 0.6 is 0 Å². The Balaban J connectivity index is 1.17. The third-order valence-corrected chi connectivity index (χ3v) is 7.49. The molecule has 0 atom stereocenters. The lowest BCUT2D eigenvalue weighted by Crippen LogP contribution is -2.51. The number of carbonyl (C=O) groups is 1. The van der Waals surface area contributed by atoms with Crippen LogP contribution < -0.4 is 15.5 Å². The highest BCUT2D eigenvalue weighted by atomic mass is 19.4. The second-order valence-corrected chi connectivity index (χ2v) is 10.6. The number of nitrogens with zero attached hydrogens (tertiary/aromatic N) is 3. The smallest absolute Gasteiger partial charge is 0.376 e. The summed E-state index contributed by atoms with van der Waals surface area (Å²) in [6.07, 6.45) is 2.49. The van der Waals surface area contributed by atoms with E-state index in [1.807, 2.05) is 12.1 Å². The van der Waals surface area contributed by atoms with Gasteiger partial charge >= 0.3 is 12.2 Å². The van der Waals surface area contributed by atoms with Crippen LogP contribution in [0.2, 0.25) is 0 Å². The summed E-state index contributed by atoms with van der Waals surface area (Å²) in [4.78, 5) is 25.3. The maximum atomic E-state index is 12.8. The Morgan fingerprint density at radius 3 is 2.33 bits per heavy atom. The molecule has 1 saturated heterocycles. The zero-order valence-electron chi connectivity index (χ0n) is 22.2. The largest absolute Gasteiger partial charge is 0.416 e. The van der Waals surface area contributed by atoms with Crippen LogP contribution in [0.4, 0.5) is 35.2 Å². The topological polar surface area (TPSA) is 85.5 Å². The predicted octanol–water partition coefficient (Wildman–Crippen LogP) is 6.08. The number of ether oxygens (including phenoxy) is 1. The number of piperazine rings is 1. The van der Waals surface area contributed by atoms with Gasteiger partial charge in [0.05, 0.1) is 29.0 Å². The third kappa shape index (κ3) is 6.65. The fourth-order valence-electron chi connectivity index (χ4n) is 5.54. The number of carbonyl (C=O) groups excluding carboxylic acids is 1. The average Bonchev–Trinajstić information content (AvgIpc) is 3.30. The van der Waals surface area contributed by atoms with Gasteiger partial charge in [0, 0.05) is 44.1 Å². The summed E-state index contributed by atoms with van der Waals surface area (Å²) < 4.78 is 44.3. The highest BCUT2D eigenvalue weighted by molar-refractivity contribution is 6.05. The Hall–Kier alpha value is -3.31. The Kier molecular flexibility index (Phi) is 7.99. The SMILES string of the molecule is CC(C)OC1CCC(N2CCN(c3ccc4[nH]cc(NC(=O)Nc5ccc(C(F)(F)F)cc5)c4n3)CC2)CC1. The molecule has 3 aromatic rings. The number of nitrogens with one attached hydrogen (secondary N) is 3. The summed E-state index contributed by atoms with van der Waals surface area (Å²) in [5.41, 5.74) is 1.39. The van der Waals surface area contributed by atoms with Gasteiger partial charge in [0.2, 0.25) is 0 Å². The molecule has 1 aliphatic carbocycles. The molecule has 0 spiro atoms. The van der Waals surface area contributed by atoms with Crippen molar-refractivity contribution in [2.45, 2.75) is 64.0 Å². The van der Waals surface area contributed by atoms with Gasteiger partial charge < -0.3 is 25.3 Å². The number of alkyl halides is 3. The summed E-state index contributed by atoms with van der Waals surface area (Å²) in [6, 6.07) is 8.27. The standard InChI is InChI=1S/C28H35F3N6O2/c1-18(2)39-22-9-7-21(8-10-22)36-13-15-37(16-14-36)25-12-11-23-26(35-25)24(17-32-23)34-27(38)33-20-5-3-19(4-6-20)28(29,30)31/h3-6,11-12,17-18,21-22,32H,7-10,13-16H2,1-2H3,(H2,33,34,38). The first-order valence-corrected chi connectivity index (χ1v) is 13.5. The van der Waals surface area contributed by atoms with Gasteiger partial charge in [-0.3, -0.25) is 4.90 Å². The van der Waals surface area contributed by atoms with Gasteiger partial charge in [0.1, 0.15) is 11.3 Å².